The summed E-state index contributed by atoms with van der Waals surface area (Å²) in [5.41, 5.74) is 0.530. The molecule has 1 N–H and O–H groups in total. The molecule has 0 aromatic rings. The molecule has 0 amide bonds. The fourth-order valence-electron chi connectivity index (χ4n) is 3.01. The number of nitrogens with one attached hydrogen (secondary N) is 1. The van der Waals surface area contributed by atoms with E-state index >= 15 is 0 Å². The normalized spacial score (nSPS) is 33.6. The Morgan fingerprint density at radius 2 is 2.19 bits per heavy atom. The van der Waals surface area contributed by atoms with Crippen LogP contribution in [0.3, 0.4) is 0 Å². The van der Waals surface area contributed by atoms with Crippen LogP contribution in [0.4, 0.5) is 0 Å². The molecular weight excluding hydrogens is 200 g/mol. The van der Waals surface area contributed by atoms with Gasteiger partial charge >= 0.3 is 0 Å². The topological polar surface area (TPSA) is 24.5 Å². The lowest BCUT2D eigenvalue weighted by Crippen LogP contribution is -2.47. The van der Waals surface area contributed by atoms with Crippen LogP contribution in [0, 0.1) is 5.41 Å². The molecule has 1 unspecified atom stereocenters. The standard InChI is InChI=1S/C13H26N2O/c1-2-13(5-3-6-14-11-13)12-15-7-4-9-16-10-8-15/h14H,2-12H2,1H3. The lowest BCUT2D eigenvalue weighted by Gasteiger charge is -2.40. The largest absolute Gasteiger partial charge is 0.380 e. The van der Waals surface area contributed by atoms with Crippen molar-refractivity contribution in [2.75, 3.05) is 45.9 Å². The Kier molecular flexibility index (Phi) is 4.62. The Hall–Kier alpha value is -0.120. The molecule has 0 bridgehead atoms. The van der Waals surface area contributed by atoms with Gasteiger partial charge in [0.15, 0.2) is 0 Å². The van der Waals surface area contributed by atoms with Crippen LogP contribution in [-0.2, 0) is 4.74 Å². The van der Waals surface area contributed by atoms with E-state index < -0.39 is 0 Å². The highest BCUT2D eigenvalue weighted by Gasteiger charge is 2.32. The summed E-state index contributed by atoms with van der Waals surface area (Å²) in [6, 6.07) is 0. The highest BCUT2D eigenvalue weighted by Crippen LogP contribution is 2.31. The van der Waals surface area contributed by atoms with Gasteiger partial charge in [0.1, 0.15) is 0 Å². The smallest absolute Gasteiger partial charge is 0.0593 e. The van der Waals surface area contributed by atoms with Crippen molar-refractivity contribution >= 4 is 0 Å². The third kappa shape index (κ3) is 3.19. The molecule has 2 rings (SSSR count). The number of nitrogens with zero attached hydrogens (tertiary/aromatic N) is 1. The fraction of sp³-hybridized carbons (Fsp3) is 1.00. The van der Waals surface area contributed by atoms with Crippen molar-refractivity contribution in [1.29, 1.82) is 0 Å². The molecule has 2 fully saturated rings. The molecule has 0 aliphatic carbocycles. The molecule has 0 spiro atoms. The second-order valence-corrected chi connectivity index (χ2v) is 5.38. The maximum Gasteiger partial charge on any atom is 0.0593 e. The molecule has 0 aromatic carbocycles. The van der Waals surface area contributed by atoms with Crippen molar-refractivity contribution in [2.45, 2.75) is 32.6 Å². The van der Waals surface area contributed by atoms with E-state index in [9.17, 15) is 0 Å². The van der Waals surface area contributed by atoms with Crippen molar-refractivity contribution in [3.63, 3.8) is 0 Å². The van der Waals surface area contributed by atoms with E-state index in [1.165, 1.54) is 51.9 Å². The maximum absolute atomic E-state index is 5.52. The molecule has 0 saturated carbocycles. The average Bonchev–Trinajstić information content (AvgIpc) is 2.59. The highest BCUT2D eigenvalue weighted by atomic mass is 16.5. The van der Waals surface area contributed by atoms with Crippen LogP contribution in [0.25, 0.3) is 0 Å². The zero-order chi connectivity index (χ0) is 11.3. The van der Waals surface area contributed by atoms with Crippen LogP contribution in [0.15, 0.2) is 0 Å². The maximum atomic E-state index is 5.52. The Morgan fingerprint density at radius 1 is 1.25 bits per heavy atom. The quantitative estimate of drug-likeness (QED) is 0.789. The van der Waals surface area contributed by atoms with Gasteiger partial charge in [-0.25, -0.2) is 0 Å². The van der Waals surface area contributed by atoms with Gasteiger partial charge in [0.2, 0.25) is 0 Å². The first-order valence-corrected chi connectivity index (χ1v) is 6.85. The third-order valence-corrected chi connectivity index (χ3v) is 4.18. The molecule has 2 heterocycles. The first-order chi connectivity index (χ1) is 7.85. The van der Waals surface area contributed by atoms with E-state index in [4.69, 9.17) is 4.74 Å². The average molecular weight is 226 g/mol. The summed E-state index contributed by atoms with van der Waals surface area (Å²) < 4.78 is 5.52. The lowest BCUT2D eigenvalue weighted by molar-refractivity contribution is 0.101. The van der Waals surface area contributed by atoms with Crippen molar-refractivity contribution in [3.8, 4) is 0 Å². The van der Waals surface area contributed by atoms with Crippen molar-refractivity contribution in [2.24, 2.45) is 5.41 Å². The number of ether oxygens (including phenoxy) is 1. The molecule has 2 aliphatic rings. The molecule has 94 valence electrons. The summed E-state index contributed by atoms with van der Waals surface area (Å²) in [4.78, 5) is 2.61. The van der Waals surface area contributed by atoms with Gasteiger partial charge in [-0.05, 0) is 37.6 Å². The van der Waals surface area contributed by atoms with Gasteiger partial charge in [-0.2, -0.15) is 0 Å². The molecule has 3 heteroatoms. The SMILES string of the molecule is CCC1(CN2CCCOCC2)CCCNC1. The Balaban J connectivity index is 1.88. The summed E-state index contributed by atoms with van der Waals surface area (Å²) in [5, 5.41) is 3.57. The van der Waals surface area contributed by atoms with Crippen LogP contribution in [-0.4, -0.2) is 50.8 Å². The zero-order valence-corrected chi connectivity index (χ0v) is 10.6. The van der Waals surface area contributed by atoms with Crippen LogP contribution in [0.2, 0.25) is 0 Å². The van der Waals surface area contributed by atoms with E-state index in [0.717, 1.165) is 19.8 Å². The third-order valence-electron chi connectivity index (χ3n) is 4.18. The van der Waals surface area contributed by atoms with Crippen LogP contribution >= 0.6 is 0 Å². The van der Waals surface area contributed by atoms with Gasteiger partial charge in [0.25, 0.3) is 0 Å². The van der Waals surface area contributed by atoms with E-state index in [1.54, 1.807) is 0 Å². The highest BCUT2D eigenvalue weighted by molar-refractivity contribution is 4.87. The van der Waals surface area contributed by atoms with Gasteiger partial charge in [-0.15, -0.1) is 0 Å². The Labute approximate surface area is 99.5 Å². The number of hydrogen-bond acceptors (Lipinski definition) is 3. The first-order valence-electron chi connectivity index (χ1n) is 6.85. The number of piperidine rings is 1. The predicted molar refractivity (Wildman–Crippen MR) is 66.7 cm³/mol. The van der Waals surface area contributed by atoms with Gasteiger partial charge in [-0.3, -0.25) is 0 Å². The van der Waals surface area contributed by atoms with Crippen LogP contribution < -0.4 is 5.32 Å². The summed E-state index contributed by atoms with van der Waals surface area (Å²) in [6.07, 6.45) is 5.25. The van der Waals surface area contributed by atoms with Crippen molar-refractivity contribution in [3.05, 3.63) is 0 Å². The number of rotatable bonds is 3. The van der Waals surface area contributed by atoms with Crippen molar-refractivity contribution in [1.82, 2.24) is 10.2 Å². The lowest BCUT2D eigenvalue weighted by atomic mass is 9.78. The molecule has 0 radical (unpaired) electrons. The van der Waals surface area contributed by atoms with Crippen LogP contribution in [0.1, 0.15) is 32.6 Å². The van der Waals surface area contributed by atoms with Gasteiger partial charge < -0.3 is 15.0 Å². The molecular formula is C13H26N2O. The molecule has 2 aliphatic heterocycles. The molecule has 0 aromatic heterocycles. The summed E-state index contributed by atoms with van der Waals surface area (Å²) in [6.45, 7) is 10.3. The van der Waals surface area contributed by atoms with Gasteiger partial charge in [-0.1, -0.05) is 6.92 Å². The summed E-state index contributed by atoms with van der Waals surface area (Å²) >= 11 is 0. The number of hydrogen-bond donors (Lipinski definition) is 1. The Bertz CT molecular complexity index is 194. The fourth-order valence-corrected chi connectivity index (χ4v) is 3.01. The first kappa shape index (κ1) is 12.3. The van der Waals surface area contributed by atoms with E-state index in [0.29, 0.717) is 5.41 Å². The van der Waals surface area contributed by atoms with Gasteiger partial charge in [0, 0.05) is 32.8 Å². The molecule has 3 nitrogen and oxygen atoms in total. The summed E-state index contributed by atoms with van der Waals surface area (Å²) in [5.74, 6) is 0. The molecule has 2 saturated heterocycles. The molecule has 1 atom stereocenters. The van der Waals surface area contributed by atoms with E-state index in [-0.39, 0.29) is 0 Å². The minimum Gasteiger partial charge on any atom is -0.380 e. The van der Waals surface area contributed by atoms with Crippen LogP contribution in [0.5, 0.6) is 0 Å². The van der Waals surface area contributed by atoms with E-state index in [1.807, 2.05) is 0 Å². The summed E-state index contributed by atoms with van der Waals surface area (Å²) in [7, 11) is 0. The minimum atomic E-state index is 0.530. The second kappa shape index (κ2) is 5.99. The van der Waals surface area contributed by atoms with Gasteiger partial charge in [0.05, 0.1) is 6.61 Å². The van der Waals surface area contributed by atoms with Crippen molar-refractivity contribution < 1.29 is 4.74 Å². The monoisotopic (exact) mass is 226 g/mol. The predicted octanol–water partition coefficient (Wildman–Crippen LogP) is 1.49. The van der Waals surface area contributed by atoms with E-state index in [2.05, 4.69) is 17.1 Å². The Morgan fingerprint density at radius 3 is 2.94 bits per heavy atom. The second-order valence-electron chi connectivity index (χ2n) is 5.38. The minimum absolute atomic E-state index is 0.530. The zero-order valence-electron chi connectivity index (χ0n) is 10.6. The molecule has 16 heavy (non-hydrogen) atoms.